The van der Waals surface area contributed by atoms with E-state index in [0.29, 0.717) is 12.1 Å². The molecule has 1 aliphatic rings. The molecule has 2 aromatic carbocycles. The number of hydrogen-bond donors (Lipinski definition) is 0. The van der Waals surface area contributed by atoms with Gasteiger partial charge in [-0.25, -0.2) is 4.98 Å². The van der Waals surface area contributed by atoms with Crippen LogP contribution in [0.5, 0.6) is 0 Å². The first kappa shape index (κ1) is 22.2. The fraction of sp³-hybridized carbons (Fsp3) is 0.391. The maximum absolute atomic E-state index is 13.5. The molecular formula is C23H27BrN4O2S. The minimum atomic E-state index is -0.00888. The van der Waals surface area contributed by atoms with E-state index in [1.165, 1.54) is 0 Å². The molecule has 31 heavy (non-hydrogen) atoms. The molecule has 3 aromatic rings. The Hall–Kier alpha value is -2.00. The number of hydrogen-bond acceptors (Lipinski definition) is 6. The summed E-state index contributed by atoms with van der Waals surface area (Å²) in [5.41, 5.74) is 2.66. The first-order valence-electron chi connectivity index (χ1n) is 10.5. The summed E-state index contributed by atoms with van der Waals surface area (Å²) in [5.74, 6) is -0.00888. The van der Waals surface area contributed by atoms with E-state index < -0.39 is 0 Å². The highest BCUT2D eigenvalue weighted by atomic mass is 79.9. The van der Waals surface area contributed by atoms with Crippen molar-refractivity contribution in [2.75, 3.05) is 63.3 Å². The van der Waals surface area contributed by atoms with E-state index in [1.807, 2.05) is 60.3 Å². The molecular weight excluding hydrogens is 476 g/mol. The second-order valence-corrected chi connectivity index (χ2v) is 9.74. The van der Waals surface area contributed by atoms with Crippen LogP contribution >= 0.6 is 27.3 Å². The van der Waals surface area contributed by atoms with Gasteiger partial charge in [-0.1, -0.05) is 27.3 Å². The summed E-state index contributed by atoms with van der Waals surface area (Å²) in [5, 5.41) is 0.747. The number of amides is 1. The fourth-order valence-corrected chi connectivity index (χ4v) is 5.16. The number of fused-ring (bicyclic) bond motifs is 1. The lowest BCUT2D eigenvalue weighted by atomic mass is 10.1. The Kier molecular flexibility index (Phi) is 7.22. The Morgan fingerprint density at radius 3 is 2.61 bits per heavy atom. The summed E-state index contributed by atoms with van der Waals surface area (Å²) in [6.07, 6.45) is 0.890. The molecule has 0 atom stereocenters. The normalized spacial score (nSPS) is 14.7. The Balaban J connectivity index is 1.56. The van der Waals surface area contributed by atoms with E-state index in [1.54, 1.807) is 11.3 Å². The average molecular weight is 503 g/mol. The fourth-order valence-electron chi connectivity index (χ4n) is 3.62. The highest BCUT2D eigenvalue weighted by Gasteiger charge is 2.22. The highest BCUT2D eigenvalue weighted by molar-refractivity contribution is 9.10. The zero-order chi connectivity index (χ0) is 21.8. The topological polar surface area (TPSA) is 48.9 Å². The lowest BCUT2D eigenvalue weighted by Crippen LogP contribution is -2.39. The first-order valence-corrected chi connectivity index (χ1v) is 12.1. The second kappa shape index (κ2) is 10.1. The van der Waals surface area contributed by atoms with Crippen LogP contribution in [0, 0.1) is 0 Å². The van der Waals surface area contributed by atoms with E-state index in [2.05, 4.69) is 26.9 Å². The van der Waals surface area contributed by atoms with Crippen LogP contribution in [0.25, 0.3) is 10.2 Å². The third-order valence-corrected chi connectivity index (χ3v) is 6.94. The molecule has 0 bridgehead atoms. The number of carbonyl (C=O) groups excluding carboxylic acids is 1. The number of ether oxygens (including phenoxy) is 1. The molecule has 164 valence electrons. The summed E-state index contributed by atoms with van der Waals surface area (Å²) < 4.78 is 7.52. The zero-order valence-electron chi connectivity index (χ0n) is 17.9. The molecule has 1 fully saturated rings. The lowest BCUT2D eigenvalue weighted by molar-refractivity contribution is 0.0376. The predicted octanol–water partition coefficient (Wildman–Crippen LogP) is 4.49. The number of anilines is 2. The zero-order valence-corrected chi connectivity index (χ0v) is 20.3. The number of thiazole rings is 1. The van der Waals surface area contributed by atoms with Gasteiger partial charge in [-0.05, 0) is 48.9 Å². The van der Waals surface area contributed by atoms with E-state index >= 15 is 0 Å². The van der Waals surface area contributed by atoms with Crippen LogP contribution in [-0.2, 0) is 4.74 Å². The number of halogens is 1. The maximum Gasteiger partial charge on any atom is 0.260 e. The standard InChI is InChI=1S/C23H27BrN4O2S/c1-26(2)19-7-4-17(5-8-19)22(29)28(11-3-10-27-12-14-30-15-13-27)23-25-20-9-6-18(24)16-21(20)31-23/h4-9,16H,3,10-15H2,1-2H3. The number of nitrogens with zero attached hydrogens (tertiary/aromatic N) is 4. The minimum absolute atomic E-state index is 0.00888. The largest absolute Gasteiger partial charge is 0.379 e. The molecule has 1 saturated heterocycles. The lowest BCUT2D eigenvalue weighted by Gasteiger charge is -2.27. The summed E-state index contributed by atoms with van der Waals surface area (Å²) >= 11 is 5.09. The summed E-state index contributed by atoms with van der Waals surface area (Å²) in [6.45, 7) is 5.06. The summed E-state index contributed by atoms with van der Waals surface area (Å²) in [6, 6.07) is 13.8. The van der Waals surface area contributed by atoms with Crippen LogP contribution in [0.2, 0.25) is 0 Å². The number of rotatable bonds is 7. The van der Waals surface area contributed by atoms with Gasteiger partial charge in [0.1, 0.15) is 0 Å². The SMILES string of the molecule is CN(C)c1ccc(C(=O)N(CCCN2CCOCC2)c2nc3ccc(Br)cc3s2)cc1. The maximum atomic E-state index is 13.5. The van der Waals surface area contributed by atoms with E-state index in [4.69, 9.17) is 9.72 Å². The van der Waals surface area contributed by atoms with Gasteiger partial charge in [-0.2, -0.15) is 0 Å². The highest BCUT2D eigenvalue weighted by Crippen LogP contribution is 2.32. The van der Waals surface area contributed by atoms with Gasteiger partial charge in [0.05, 0.1) is 23.4 Å². The van der Waals surface area contributed by atoms with Crippen molar-refractivity contribution in [3.8, 4) is 0 Å². The van der Waals surface area contributed by atoms with Gasteiger partial charge in [0.2, 0.25) is 0 Å². The van der Waals surface area contributed by atoms with Crippen LogP contribution in [0.4, 0.5) is 10.8 Å². The molecule has 0 N–H and O–H groups in total. The Morgan fingerprint density at radius 1 is 1.16 bits per heavy atom. The first-order chi connectivity index (χ1) is 15.0. The molecule has 0 aliphatic carbocycles. The predicted molar refractivity (Wildman–Crippen MR) is 132 cm³/mol. The van der Waals surface area contributed by atoms with Gasteiger partial charge < -0.3 is 9.64 Å². The molecule has 0 radical (unpaired) electrons. The molecule has 0 saturated carbocycles. The van der Waals surface area contributed by atoms with E-state index in [-0.39, 0.29) is 5.91 Å². The average Bonchev–Trinajstić information content (AvgIpc) is 3.20. The van der Waals surface area contributed by atoms with Crippen LogP contribution in [0.1, 0.15) is 16.8 Å². The Morgan fingerprint density at radius 2 is 1.90 bits per heavy atom. The quantitative estimate of drug-likeness (QED) is 0.476. The van der Waals surface area contributed by atoms with Crippen molar-refractivity contribution in [1.82, 2.24) is 9.88 Å². The van der Waals surface area contributed by atoms with Crippen molar-refractivity contribution in [1.29, 1.82) is 0 Å². The molecule has 1 amide bonds. The van der Waals surface area contributed by atoms with Crippen LogP contribution in [0.3, 0.4) is 0 Å². The molecule has 8 heteroatoms. The van der Waals surface area contributed by atoms with Crippen LogP contribution in [0.15, 0.2) is 46.9 Å². The Bertz CT molecular complexity index is 1030. The van der Waals surface area contributed by atoms with Crippen molar-refractivity contribution in [3.63, 3.8) is 0 Å². The number of aromatic nitrogens is 1. The van der Waals surface area contributed by atoms with Crippen molar-refractivity contribution in [3.05, 3.63) is 52.5 Å². The van der Waals surface area contributed by atoms with Crippen LogP contribution in [-0.4, -0.2) is 69.3 Å². The molecule has 0 unspecified atom stereocenters. The minimum Gasteiger partial charge on any atom is -0.379 e. The van der Waals surface area contributed by atoms with Gasteiger partial charge in [0, 0.05) is 56.0 Å². The molecule has 4 rings (SSSR count). The molecule has 2 heterocycles. The van der Waals surface area contributed by atoms with Crippen LogP contribution < -0.4 is 9.80 Å². The third-order valence-electron chi connectivity index (χ3n) is 5.41. The van der Waals surface area contributed by atoms with Gasteiger partial charge in [-0.3, -0.25) is 14.6 Å². The summed E-state index contributed by atoms with van der Waals surface area (Å²) in [7, 11) is 3.99. The smallest absolute Gasteiger partial charge is 0.260 e. The monoisotopic (exact) mass is 502 g/mol. The van der Waals surface area contributed by atoms with Gasteiger partial charge >= 0.3 is 0 Å². The number of benzene rings is 2. The number of morpholine rings is 1. The van der Waals surface area contributed by atoms with E-state index in [0.717, 1.165) is 64.8 Å². The van der Waals surface area contributed by atoms with E-state index in [9.17, 15) is 4.79 Å². The second-order valence-electron chi connectivity index (χ2n) is 7.81. The van der Waals surface area contributed by atoms with Crippen molar-refractivity contribution in [2.45, 2.75) is 6.42 Å². The van der Waals surface area contributed by atoms with Gasteiger partial charge in [-0.15, -0.1) is 0 Å². The molecule has 6 nitrogen and oxygen atoms in total. The molecule has 0 spiro atoms. The van der Waals surface area contributed by atoms with Crippen molar-refractivity contribution >= 4 is 54.2 Å². The number of carbonyl (C=O) groups is 1. The third kappa shape index (κ3) is 5.44. The summed E-state index contributed by atoms with van der Waals surface area (Å²) in [4.78, 5) is 24.5. The molecule has 1 aromatic heterocycles. The van der Waals surface area contributed by atoms with Crippen molar-refractivity contribution < 1.29 is 9.53 Å². The van der Waals surface area contributed by atoms with Crippen molar-refractivity contribution in [2.24, 2.45) is 0 Å². The molecule has 1 aliphatic heterocycles. The Labute approximate surface area is 195 Å². The van der Waals surface area contributed by atoms with Gasteiger partial charge in [0.15, 0.2) is 5.13 Å². The van der Waals surface area contributed by atoms with Gasteiger partial charge in [0.25, 0.3) is 5.91 Å².